The first-order chi connectivity index (χ1) is 16.0. The monoisotopic (exact) mass is 453 g/mol. The third-order valence-electron chi connectivity index (χ3n) is 5.68. The molecule has 1 N–H and O–H groups in total. The molecule has 3 aromatic rings. The van der Waals surface area contributed by atoms with Crippen molar-refractivity contribution in [1.29, 1.82) is 0 Å². The molecule has 0 bridgehead atoms. The Morgan fingerprint density at radius 3 is 2.48 bits per heavy atom. The molecule has 4 rings (SSSR count). The minimum atomic E-state index is -0.463. The van der Waals surface area contributed by atoms with E-state index in [9.17, 15) is 9.59 Å². The molecule has 11 heteroatoms. The van der Waals surface area contributed by atoms with E-state index in [-0.39, 0.29) is 12.5 Å². The lowest BCUT2D eigenvalue weighted by Gasteiger charge is -2.34. The number of ether oxygens (including phenoxy) is 2. The van der Waals surface area contributed by atoms with Crippen LogP contribution < -0.4 is 4.90 Å². The zero-order valence-corrected chi connectivity index (χ0v) is 18.9. The van der Waals surface area contributed by atoms with Crippen LogP contribution in [0.5, 0.6) is 0 Å². The number of piperazine rings is 1. The van der Waals surface area contributed by atoms with Crippen molar-refractivity contribution in [2.24, 2.45) is 0 Å². The number of tetrazole rings is 1. The van der Waals surface area contributed by atoms with Crippen LogP contribution in [0.2, 0.25) is 0 Å². The highest BCUT2D eigenvalue weighted by atomic mass is 16.6. The number of anilines is 1. The molecule has 1 aromatic carbocycles. The number of amides is 1. The highest BCUT2D eigenvalue weighted by Gasteiger charge is 2.29. The number of benzene rings is 1. The van der Waals surface area contributed by atoms with E-state index in [2.05, 4.69) is 25.4 Å². The van der Waals surface area contributed by atoms with Crippen molar-refractivity contribution < 1.29 is 19.1 Å². The number of carbonyl (C=O) groups is 2. The van der Waals surface area contributed by atoms with E-state index in [1.165, 1.54) is 0 Å². The predicted molar refractivity (Wildman–Crippen MR) is 120 cm³/mol. The van der Waals surface area contributed by atoms with Gasteiger partial charge >= 0.3 is 5.97 Å². The first-order valence-electron chi connectivity index (χ1n) is 10.7. The third-order valence-corrected chi connectivity index (χ3v) is 5.68. The van der Waals surface area contributed by atoms with Gasteiger partial charge in [0.05, 0.1) is 17.9 Å². The molecular formula is C22H27N7O4. The maximum Gasteiger partial charge on any atom is 0.340 e. The number of hydrogen-bond acceptors (Lipinski definition) is 8. The van der Waals surface area contributed by atoms with E-state index < -0.39 is 5.97 Å². The number of hydrogen-bond donors (Lipinski definition) is 1. The number of methoxy groups -OCH3 is 1. The van der Waals surface area contributed by atoms with Crippen LogP contribution in [0.25, 0.3) is 5.69 Å². The number of esters is 1. The summed E-state index contributed by atoms with van der Waals surface area (Å²) in [5.74, 6) is 0.0325. The second-order valence-corrected chi connectivity index (χ2v) is 7.76. The number of aromatic nitrogens is 5. The molecule has 3 heterocycles. The molecule has 1 aliphatic heterocycles. The number of aromatic amines is 1. The summed E-state index contributed by atoms with van der Waals surface area (Å²) in [4.78, 5) is 32.6. The van der Waals surface area contributed by atoms with Gasteiger partial charge in [0, 0.05) is 39.0 Å². The van der Waals surface area contributed by atoms with Crippen molar-refractivity contribution in [2.45, 2.75) is 13.8 Å². The summed E-state index contributed by atoms with van der Waals surface area (Å²) in [6, 6.07) is 9.67. The molecule has 0 spiro atoms. The van der Waals surface area contributed by atoms with Gasteiger partial charge in [0.1, 0.15) is 12.3 Å². The third kappa shape index (κ3) is 4.58. The van der Waals surface area contributed by atoms with Gasteiger partial charge in [0.2, 0.25) is 5.95 Å². The van der Waals surface area contributed by atoms with Gasteiger partial charge in [0.15, 0.2) is 0 Å². The van der Waals surface area contributed by atoms with Crippen molar-refractivity contribution in [3.05, 3.63) is 52.8 Å². The van der Waals surface area contributed by atoms with Crippen molar-refractivity contribution in [1.82, 2.24) is 30.1 Å². The van der Waals surface area contributed by atoms with E-state index in [0.717, 1.165) is 5.69 Å². The molecule has 174 valence electrons. The van der Waals surface area contributed by atoms with Crippen LogP contribution in [0.3, 0.4) is 0 Å². The molecule has 0 radical (unpaired) electrons. The number of para-hydroxylation sites is 1. The molecule has 11 nitrogen and oxygen atoms in total. The standard InChI is InChI=1S/C22H27N7O4/c1-15-18(21(31)33-14-13-32-3)16(2)23-19(15)20(30)27-9-11-28(12-10-27)22-24-25-26-29(22)17-7-5-4-6-8-17/h4-8,23H,9-14H2,1-3H3. The summed E-state index contributed by atoms with van der Waals surface area (Å²) < 4.78 is 11.8. The van der Waals surface area contributed by atoms with Gasteiger partial charge in [0.25, 0.3) is 5.91 Å². The zero-order valence-electron chi connectivity index (χ0n) is 18.9. The minimum absolute atomic E-state index is 0.145. The SMILES string of the molecule is COCCOC(=O)c1c(C)[nH]c(C(=O)N2CCN(c3nnnn3-c3ccccc3)CC2)c1C. The quantitative estimate of drug-likeness (QED) is 0.421. The Bertz CT molecular complexity index is 1120. The summed E-state index contributed by atoms with van der Waals surface area (Å²) in [7, 11) is 1.54. The molecule has 2 aromatic heterocycles. The van der Waals surface area contributed by atoms with Crippen molar-refractivity contribution >= 4 is 17.8 Å². The molecule has 0 aliphatic carbocycles. The van der Waals surface area contributed by atoms with Gasteiger partial charge in [-0.1, -0.05) is 23.3 Å². The van der Waals surface area contributed by atoms with E-state index in [4.69, 9.17) is 9.47 Å². The first kappa shape index (κ1) is 22.5. The Morgan fingerprint density at radius 2 is 1.79 bits per heavy atom. The van der Waals surface area contributed by atoms with Crippen LogP contribution in [0, 0.1) is 13.8 Å². The lowest BCUT2D eigenvalue weighted by atomic mass is 10.1. The molecule has 0 atom stereocenters. The number of H-pyrrole nitrogens is 1. The molecule has 0 saturated carbocycles. The fraction of sp³-hybridized carbons (Fsp3) is 0.409. The van der Waals surface area contributed by atoms with Crippen LogP contribution in [-0.4, -0.2) is 88.5 Å². The summed E-state index contributed by atoms with van der Waals surface area (Å²) in [5, 5.41) is 12.1. The summed E-state index contributed by atoms with van der Waals surface area (Å²) in [6.07, 6.45) is 0. The Kier molecular flexibility index (Phi) is 6.68. The Labute approximate surface area is 191 Å². The van der Waals surface area contributed by atoms with E-state index in [0.29, 0.717) is 61.2 Å². The molecular weight excluding hydrogens is 426 g/mol. The topological polar surface area (TPSA) is 118 Å². The highest BCUT2D eigenvalue weighted by molar-refractivity contribution is 6.00. The van der Waals surface area contributed by atoms with Gasteiger partial charge < -0.3 is 24.3 Å². The maximum atomic E-state index is 13.2. The summed E-state index contributed by atoms with van der Waals surface area (Å²) in [6.45, 7) is 6.18. The van der Waals surface area contributed by atoms with Gasteiger partial charge in [-0.25, -0.2) is 4.79 Å². The van der Waals surface area contributed by atoms with Gasteiger partial charge in [-0.3, -0.25) is 4.79 Å². The van der Waals surface area contributed by atoms with E-state index >= 15 is 0 Å². The summed E-state index contributed by atoms with van der Waals surface area (Å²) in [5.41, 5.74) is 2.89. The minimum Gasteiger partial charge on any atom is -0.460 e. The predicted octanol–water partition coefficient (Wildman–Crippen LogP) is 1.37. The fourth-order valence-electron chi connectivity index (χ4n) is 3.94. The lowest BCUT2D eigenvalue weighted by Crippen LogP contribution is -2.49. The van der Waals surface area contributed by atoms with Crippen LogP contribution >= 0.6 is 0 Å². The van der Waals surface area contributed by atoms with Gasteiger partial charge in [-0.05, 0) is 42.0 Å². The Hall–Kier alpha value is -3.73. The summed E-state index contributed by atoms with van der Waals surface area (Å²) >= 11 is 0. The fourth-order valence-corrected chi connectivity index (χ4v) is 3.94. The lowest BCUT2D eigenvalue weighted by molar-refractivity contribution is 0.0387. The number of nitrogens with zero attached hydrogens (tertiary/aromatic N) is 6. The molecule has 0 unspecified atom stereocenters. The zero-order chi connectivity index (χ0) is 23.4. The molecule has 1 fully saturated rings. The Morgan fingerprint density at radius 1 is 1.06 bits per heavy atom. The molecule has 1 aliphatic rings. The van der Waals surface area contributed by atoms with Crippen LogP contribution in [-0.2, 0) is 9.47 Å². The van der Waals surface area contributed by atoms with Crippen molar-refractivity contribution in [3.63, 3.8) is 0 Å². The van der Waals surface area contributed by atoms with E-state index in [1.807, 2.05) is 30.3 Å². The van der Waals surface area contributed by atoms with Crippen LogP contribution in [0.15, 0.2) is 30.3 Å². The number of nitrogens with one attached hydrogen (secondary N) is 1. The maximum absolute atomic E-state index is 13.2. The smallest absolute Gasteiger partial charge is 0.340 e. The number of aryl methyl sites for hydroxylation is 1. The van der Waals surface area contributed by atoms with Gasteiger partial charge in [-0.15, -0.1) is 0 Å². The second-order valence-electron chi connectivity index (χ2n) is 7.76. The average Bonchev–Trinajstić information content (AvgIpc) is 3.44. The average molecular weight is 454 g/mol. The number of rotatable bonds is 7. The molecule has 33 heavy (non-hydrogen) atoms. The van der Waals surface area contributed by atoms with Crippen LogP contribution in [0.4, 0.5) is 5.95 Å². The van der Waals surface area contributed by atoms with E-state index in [1.54, 1.807) is 30.5 Å². The first-order valence-corrected chi connectivity index (χ1v) is 10.7. The highest BCUT2D eigenvalue weighted by Crippen LogP contribution is 2.22. The van der Waals surface area contributed by atoms with Crippen molar-refractivity contribution in [2.75, 3.05) is 51.4 Å². The molecule has 1 amide bonds. The normalized spacial score (nSPS) is 13.9. The second kappa shape index (κ2) is 9.82. The number of carbonyl (C=O) groups excluding carboxylic acids is 2. The van der Waals surface area contributed by atoms with Crippen LogP contribution in [0.1, 0.15) is 32.1 Å². The van der Waals surface area contributed by atoms with Gasteiger partial charge in [-0.2, -0.15) is 4.68 Å². The largest absolute Gasteiger partial charge is 0.460 e. The van der Waals surface area contributed by atoms with Crippen molar-refractivity contribution in [3.8, 4) is 5.69 Å². The Balaban J connectivity index is 1.43. The molecule has 1 saturated heterocycles.